The van der Waals surface area contributed by atoms with Crippen molar-refractivity contribution in [1.82, 2.24) is 19.6 Å². The van der Waals surface area contributed by atoms with Gasteiger partial charge in [-0.15, -0.1) is 0 Å². The molecule has 13 nitrogen and oxygen atoms in total. The van der Waals surface area contributed by atoms with Crippen molar-refractivity contribution < 1.29 is 55.7 Å². The lowest BCUT2D eigenvalue weighted by Crippen LogP contribution is -2.53. The lowest BCUT2D eigenvalue weighted by molar-refractivity contribution is -0.182. The van der Waals surface area contributed by atoms with E-state index >= 15 is 0 Å². The summed E-state index contributed by atoms with van der Waals surface area (Å²) >= 11 is 0. The van der Waals surface area contributed by atoms with E-state index < -0.39 is 53.1 Å². The number of hydrogen-bond donors (Lipinski definition) is 0. The molecule has 1 saturated carbocycles. The number of carbonyl (C=O) groups is 5. The van der Waals surface area contributed by atoms with Gasteiger partial charge in [-0.25, -0.2) is 14.0 Å². The van der Waals surface area contributed by atoms with Crippen LogP contribution in [0.15, 0.2) is 36.4 Å². The third-order valence-electron chi connectivity index (χ3n) is 11.1. The number of nitrogens with zero attached hydrogens (tertiary/aromatic N) is 5. The van der Waals surface area contributed by atoms with Crippen LogP contribution >= 0.6 is 0 Å². The number of benzene rings is 2. The number of anilines is 1. The van der Waals surface area contributed by atoms with Crippen LogP contribution in [-0.4, -0.2) is 132 Å². The van der Waals surface area contributed by atoms with E-state index in [0.29, 0.717) is 29.8 Å². The molecule has 4 fully saturated rings. The molecule has 3 aliphatic heterocycles. The highest BCUT2D eigenvalue weighted by molar-refractivity contribution is 6.00. The van der Waals surface area contributed by atoms with E-state index in [4.69, 9.17) is 14.2 Å². The van der Waals surface area contributed by atoms with E-state index in [1.54, 1.807) is 69.5 Å². The maximum atomic E-state index is 14.9. The van der Waals surface area contributed by atoms with Crippen molar-refractivity contribution in [3.63, 3.8) is 0 Å². The molecule has 0 N–H and O–H groups in total. The van der Waals surface area contributed by atoms with Crippen molar-refractivity contribution in [2.24, 2.45) is 5.92 Å². The van der Waals surface area contributed by atoms with Crippen LogP contribution in [0.4, 0.5) is 32.8 Å². The molecule has 17 heteroatoms. The zero-order valence-electron chi connectivity index (χ0n) is 35.1. The Hall–Kier alpha value is -5.09. The fourth-order valence-electron chi connectivity index (χ4n) is 8.10. The highest BCUT2D eigenvalue weighted by Crippen LogP contribution is 2.45. The molecule has 0 bridgehead atoms. The Labute approximate surface area is 347 Å². The molecule has 0 spiro atoms. The average Bonchev–Trinajstić information content (AvgIpc) is 3.64. The molecular formula is C43H55F4N5O8. The zero-order valence-corrected chi connectivity index (χ0v) is 35.1. The van der Waals surface area contributed by atoms with E-state index in [1.807, 2.05) is 0 Å². The molecule has 1 aliphatic carbocycles. The van der Waals surface area contributed by atoms with Crippen LogP contribution in [-0.2, 0) is 14.3 Å². The van der Waals surface area contributed by atoms with Gasteiger partial charge in [-0.1, -0.05) is 0 Å². The fourth-order valence-corrected chi connectivity index (χ4v) is 8.10. The first-order valence-corrected chi connectivity index (χ1v) is 20.6. The first kappa shape index (κ1) is 44.5. The van der Waals surface area contributed by atoms with Gasteiger partial charge in [0.1, 0.15) is 35.4 Å². The van der Waals surface area contributed by atoms with Crippen LogP contribution in [0.25, 0.3) is 0 Å². The summed E-state index contributed by atoms with van der Waals surface area (Å²) in [6.07, 6.45) is -4.74. The van der Waals surface area contributed by atoms with Crippen LogP contribution in [0.2, 0.25) is 0 Å². The van der Waals surface area contributed by atoms with Crippen LogP contribution in [0.3, 0.4) is 0 Å². The van der Waals surface area contributed by atoms with Gasteiger partial charge < -0.3 is 33.8 Å². The Morgan fingerprint density at radius 2 is 1.22 bits per heavy atom. The Morgan fingerprint density at radius 1 is 0.650 bits per heavy atom. The minimum Gasteiger partial charge on any atom is -0.488 e. The summed E-state index contributed by atoms with van der Waals surface area (Å²) in [5, 5.41) is 0. The topological polar surface area (TPSA) is 129 Å². The van der Waals surface area contributed by atoms with Gasteiger partial charge in [0.25, 0.3) is 11.8 Å². The maximum absolute atomic E-state index is 14.9. The Kier molecular flexibility index (Phi) is 13.0. The first-order chi connectivity index (χ1) is 28.0. The van der Waals surface area contributed by atoms with Crippen LogP contribution in [0, 0.1) is 11.7 Å². The minimum absolute atomic E-state index is 0.0316. The number of rotatable bonds is 6. The molecule has 5 amide bonds. The smallest absolute Gasteiger partial charge is 0.410 e. The second kappa shape index (κ2) is 17.5. The number of halogens is 4. The molecule has 1 atom stereocenters. The fraction of sp³-hybridized carbons (Fsp3) is 0.605. The standard InChI is InChI=1S/C43H55F4N5O8/c1-41(2,3)59-39(56)50-14-13-33(25-50)58-35-12-9-28(23-34(35)27-7-10-30(11-8-27)43(45,46)47)37(54)48-15-17-49(18-16-48)38(55)29-21-31(44)24-32(22-29)52-20-19-51(26-36(52)53)40(57)60-42(4,5)6/h9,12,21-24,27,30,33H,7-8,10-11,13-20,25-26H2,1-6H3/t27?,30?,33-/m0/s1. The number of amides is 5. The normalized spacial score (nSPS) is 21.9. The van der Waals surface area contributed by atoms with Gasteiger partial charge in [0.2, 0.25) is 5.91 Å². The van der Waals surface area contributed by atoms with Gasteiger partial charge in [-0.2, -0.15) is 13.2 Å². The molecule has 0 radical (unpaired) electrons. The summed E-state index contributed by atoms with van der Waals surface area (Å²) in [4.78, 5) is 73.2. The lowest BCUT2D eigenvalue weighted by Gasteiger charge is -2.36. The Balaban J connectivity index is 1.11. The number of hydrogen-bond acceptors (Lipinski definition) is 8. The monoisotopic (exact) mass is 845 g/mol. The Bertz CT molecular complexity index is 1950. The number of piperazine rings is 2. The largest absolute Gasteiger partial charge is 0.488 e. The second-order valence-corrected chi connectivity index (χ2v) is 18.0. The molecular weight excluding hydrogens is 790 g/mol. The number of likely N-dealkylation sites (tertiary alicyclic amines) is 1. The highest BCUT2D eigenvalue weighted by atomic mass is 19.4. The van der Waals surface area contributed by atoms with Crippen LogP contribution in [0.5, 0.6) is 5.75 Å². The number of carbonyl (C=O) groups excluding carboxylic acids is 5. The second-order valence-electron chi connectivity index (χ2n) is 18.0. The van der Waals surface area contributed by atoms with E-state index in [9.17, 15) is 41.5 Å². The molecule has 60 heavy (non-hydrogen) atoms. The summed E-state index contributed by atoms with van der Waals surface area (Å²) in [7, 11) is 0. The van der Waals surface area contributed by atoms with Crippen molar-refractivity contribution in [2.45, 2.75) is 103 Å². The van der Waals surface area contributed by atoms with Gasteiger partial charge in [-0.3, -0.25) is 19.3 Å². The van der Waals surface area contributed by atoms with Gasteiger partial charge in [0.15, 0.2) is 0 Å². The van der Waals surface area contributed by atoms with Crippen LogP contribution < -0.4 is 9.64 Å². The predicted molar refractivity (Wildman–Crippen MR) is 212 cm³/mol. The van der Waals surface area contributed by atoms with E-state index in [-0.39, 0.29) is 107 Å². The van der Waals surface area contributed by atoms with E-state index in [0.717, 1.165) is 12.1 Å². The summed E-state index contributed by atoms with van der Waals surface area (Å²) < 4.78 is 73.0. The first-order valence-electron chi connectivity index (χ1n) is 20.6. The molecule has 2 aromatic rings. The van der Waals surface area contributed by atoms with E-state index in [1.165, 1.54) is 20.8 Å². The third kappa shape index (κ3) is 11.0. The molecule has 3 heterocycles. The van der Waals surface area contributed by atoms with Gasteiger partial charge in [0.05, 0.1) is 12.5 Å². The highest BCUT2D eigenvalue weighted by Gasteiger charge is 2.42. The average molecular weight is 846 g/mol. The summed E-state index contributed by atoms with van der Waals surface area (Å²) in [6.45, 7) is 11.8. The van der Waals surface area contributed by atoms with Gasteiger partial charge in [-0.05, 0) is 115 Å². The summed E-state index contributed by atoms with van der Waals surface area (Å²) in [5.74, 6) is -3.15. The SMILES string of the molecule is CC(C)(C)OC(=O)N1CCN(c2cc(F)cc(C(=O)N3CCN(C(=O)c4ccc(O[C@H]5CCN(C(=O)OC(C)(C)C)C5)c(C5CCC(C(F)(F)F)CC5)c4)CC3)c2)C(=O)C1. The summed E-state index contributed by atoms with van der Waals surface area (Å²) in [6, 6.07) is 8.71. The summed E-state index contributed by atoms with van der Waals surface area (Å²) in [5.41, 5.74) is -0.204. The van der Waals surface area contributed by atoms with Crippen LogP contribution in [0.1, 0.15) is 106 Å². The molecule has 0 unspecified atom stereocenters. The van der Waals surface area contributed by atoms with Gasteiger partial charge in [0, 0.05) is 69.0 Å². The number of alkyl halides is 3. The maximum Gasteiger partial charge on any atom is 0.410 e. The molecule has 4 aliphatic rings. The minimum atomic E-state index is -4.28. The molecule has 2 aromatic carbocycles. The third-order valence-corrected chi connectivity index (χ3v) is 11.1. The number of ether oxygens (including phenoxy) is 3. The zero-order chi connectivity index (χ0) is 43.7. The van der Waals surface area contributed by atoms with Crippen molar-refractivity contribution >= 4 is 35.6 Å². The quantitative estimate of drug-likeness (QED) is 0.279. The molecule has 328 valence electrons. The van der Waals surface area contributed by atoms with Crippen molar-refractivity contribution in [3.8, 4) is 5.75 Å². The van der Waals surface area contributed by atoms with Crippen molar-refractivity contribution in [3.05, 3.63) is 58.9 Å². The lowest BCUT2D eigenvalue weighted by atomic mass is 9.78. The molecule has 6 rings (SSSR count). The Morgan fingerprint density at radius 3 is 1.78 bits per heavy atom. The van der Waals surface area contributed by atoms with Gasteiger partial charge >= 0.3 is 18.4 Å². The van der Waals surface area contributed by atoms with Crippen molar-refractivity contribution in [2.75, 3.05) is 63.8 Å². The molecule has 0 aromatic heterocycles. The predicted octanol–water partition coefficient (Wildman–Crippen LogP) is 7.23. The molecule has 3 saturated heterocycles. The van der Waals surface area contributed by atoms with Crippen molar-refractivity contribution in [1.29, 1.82) is 0 Å². The van der Waals surface area contributed by atoms with E-state index in [2.05, 4.69) is 0 Å².